The molecular formula is C19H36N4O2. The predicted octanol–water partition coefficient (Wildman–Crippen LogP) is 3.36. The second kappa shape index (κ2) is 9.80. The molecule has 144 valence electrons. The van der Waals surface area contributed by atoms with E-state index in [2.05, 4.69) is 55.2 Å². The standard InChI is InChI=1S/C19H36N4O2/c1-7-10-19(24,11-8-2)14-23-17(20-9-3)22-13-16-21-12-15(25-16)18(4,5)6/h12,24H,7-11,13-14H2,1-6H3,(H2,20,22,23). The van der Waals surface area contributed by atoms with Crippen LogP contribution in [0.5, 0.6) is 0 Å². The van der Waals surface area contributed by atoms with E-state index >= 15 is 0 Å². The molecule has 0 saturated heterocycles. The first-order chi connectivity index (χ1) is 11.7. The summed E-state index contributed by atoms with van der Waals surface area (Å²) in [6.07, 6.45) is 5.24. The Balaban J connectivity index is 2.71. The summed E-state index contributed by atoms with van der Waals surface area (Å²) in [5.74, 6) is 2.12. The molecule has 1 rings (SSSR count). The average molecular weight is 353 g/mol. The van der Waals surface area contributed by atoms with Crippen LogP contribution in [0.2, 0.25) is 0 Å². The van der Waals surface area contributed by atoms with E-state index in [1.807, 2.05) is 6.92 Å². The van der Waals surface area contributed by atoms with Gasteiger partial charge in [0.1, 0.15) is 12.3 Å². The van der Waals surface area contributed by atoms with Gasteiger partial charge in [0.15, 0.2) is 5.96 Å². The summed E-state index contributed by atoms with van der Waals surface area (Å²) in [5.41, 5.74) is -0.753. The molecule has 0 aliphatic rings. The van der Waals surface area contributed by atoms with Crippen LogP contribution in [0.1, 0.15) is 78.9 Å². The van der Waals surface area contributed by atoms with Gasteiger partial charge in [0.05, 0.1) is 11.8 Å². The second-order valence-corrected chi connectivity index (χ2v) is 7.64. The quantitative estimate of drug-likeness (QED) is 0.469. The first-order valence-corrected chi connectivity index (χ1v) is 9.43. The largest absolute Gasteiger partial charge is 0.443 e. The van der Waals surface area contributed by atoms with E-state index in [1.54, 1.807) is 6.20 Å². The van der Waals surface area contributed by atoms with Gasteiger partial charge in [-0.15, -0.1) is 0 Å². The number of hydrogen-bond acceptors (Lipinski definition) is 4. The van der Waals surface area contributed by atoms with E-state index in [0.29, 0.717) is 24.9 Å². The molecule has 25 heavy (non-hydrogen) atoms. The Morgan fingerprint density at radius 3 is 2.28 bits per heavy atom. The van der Waals surface area contributed by atoms with Gasteiger partial charge in [-0.05, 0) is 19.8 Å². The fraction of sp³-hybridized carbons (Fsp3) is 0.789. The van der Waals surface area contributed by atoms with Crippen LogP contribution in [-0.2, 0) is 12.0 Å². The fourth-order valence-corrected chi connectivity index (χ4v) is 2.70. The smallest absolute Gasteiger partial charge is 0.216 e. The zero-order chi connectivity index (χ0) is 18.9. The molecule has 0 radical (unpaired) electrons. The minimum atomic E-state index is -0.692. The van der Waals surface area contributed by atoms with Crippen molar-refractivity contribution in [3.63, 3.8) is 0 Å². The lowest BCUT2D eigenvalue weighted by Gasteiger charge is -2.28. The SMILES string of the molecule is CCCC(O)(CCC)CNC(=NCc1ncc(C(C)(C)C)o1)NCC. The van der Waals surface area contributed by atoms with Crippen molar-refractivity contribution in [2.75, 3.05) is 13.1 Å². The molecule has 0 atom stereocenters. The van der Waals surface area contributed by atoms with Crippen LogP contribution in [0, 0.1) is 0 Å². The highest BCUT2D eigenvalue weighted by Crippen LogP contribution is 2.23. The number of aromatic nitrogens is 1. The summed E-state index contributed by atoms with van der Waals surface area (Å²) in [7, 11) is 0. The maximum Gasteiger partial charge on any atom is 0.216 e. The molecule has 0 aliphatic heterocycles. The maximum absolute atomic E-state index is 10.7. The molecule has 6 nitrogen and oxygen atoms in total. The minimum absolute atomic E-state index is 0.0610. The van der Waals surface area contributed by atoms with Crippen LogP contribution in [-0.4, -0.2) is 34.7 Å². The molecule has 1 aromatic rings. The van der Waals surface area contributed by atoms with Crippen LogP contribution in [0.15, 0.2) is 15.6 Å². The number of guanidine groups is 1. The number of aliphatic hydroxyl groups is 1. The van der Waals surface area contributed by atoms with E-state index in [1.165, 1.54) is 0 Å². The van der Waals surface area contributed by atoms with Crippen LogP contribution >= 0.6 is 0 Å². The third-order valence-corrected chi connectivity index (χ3v) is 4.03. The van der Waals surface area contributed by atoms with Gasteiger partial charge in [-0.25, -0.2) is 9.98 Å². The number of aliphatic imine (C=N–C) groups is 1. The Bertz CT molecular complexity index is 526. The van der Waals surface area contributed by atoms with Gasteiger partial charge < -0.3 is 20.2 Å². The van der Waals surface area contributed by atoms with Crippen LogP contribution in [0.3, 0.4) is 0 Å². The Hall–Kier alpha value is -1.56. The van der Waals surface area contributed by atoms with Crippen molar-refractivity contribution in [2.45, 2.75) is 84.8 Å². The lowest BCUT2D eigenvalue weighted by Crippen LogP contribution is -2.47. The van der Waals surface area contributed by atoms with Crippen molar-refractivity contribution in [1.82, 2.24) is 15.6 Å². The van der Waals surface area contributed by atoms with Crippen molar-refractivity contribution in [2.24, 2.45) is 4.99 Å². The first-order valence-electron chi connectivity index (χ1n) is 9.43. The van der Waals surface area contributed by atoms with E-state index in [0.717, 1.165) is 38.0 Å². The van der Waals surface area contributed by atoms with Crippen molar-refractivity contribution in [3.8, 4) is 0 Å². The number of hydrogen-bond donors (Lipinski definition) is 3. The Kier molecular flexibility index (Phi) is 8.42. The molecule has 0 saturated carbocycles. The molecule has 0 bridgehead atoms. The Morgan fingerprint density at radius 1 is 1.16 bits per heavy atom. The molecule has 0 spiro atoms. The van der Waals surface area contributed by atoms with Gasteiger partial charge in [-0.1, -0.05) is 47.5 Å². The molecule has 1 heterocycles. The average Bonchev–Trinajstić information content (AvgIpc) is 3.00. The molecule has 1 aromatic heterocycles. The lowest BCUT2D eigenvalue weighted by atomic mass is 9.93. The van der Waals surface area contributed by atoms with Crippen molar-refractivity contribution < 1.29 is 9.52 Å². The molecular weight excluding hydrogens is 316 g/mol. The van der Waals surface area contributed by atoms with Gasteiger partial charge in [0, 0.05) is 18.5 Å². The summed E-state index contributed by atoms with van der Waals surface area (Å²) in [4.78, 5) is 8.83. The topological polar surface area (TPSA) is 82.7 Å². The molecule has 0 fully saturated rings. The minimum Gasteiger partial charge on any atom is -0.443 e. The highest BCUT2D eigenvalue weighted by molar-refractivity contribution is 5.79. The summed E-state index contributed by atoms with van der Waals surface area (Å²) < 4.78 is 5.78. The number of rotatable bonds is 9. The summed E-state index contributed by atoms with van der Waals surface area (Å²) in [6.45, 7) is 14.1. The van der Waals surface area contributed by atoms with Gasteiger partial charge >= 0.3 is 0 Å². The van der Waals surface area contributed by atoms with Gasteiger partial charge in [-0.2, -0.15) is 0 Å². The van der Waals surface area contributed by atoms with E-state index in [9.17, 15) is 5.11 Å². The highest BCUT2D eigenvalue weighted by Gasteiger charge is 2.25. The monoisotopic (exact) mass is 352 g/mol. The molecule has 0 unspecified atom stereocenters. The van der Waals surface area contributed by atoms with Crippen molar-refractivity contribution in [1.29, 1.82) is 0 Å². The molecule has 0 aromatic carbocycles. The zero-order valence-electron chi connectivity index (χ0n) is 16.8. The molecule has 6 heteroatoms. The summed E-state index contributed by atoms with van der Waals surface area (Å²) in [6, 6.07) is 0. The first kappa shape index (κ1) is 21.5. The van der Waals surface area contributed by atoms with Crippen LogP contribution < -0.4 is 10.6 Å². The third kappa shape index (κ3) is 7.46. The number of nitrogens with one attached hydrogen (secondary N) is 2. The highest BCUT2D eigenvalue weighted by atomic mass is 16.4. The fourth-order valence-electron chi connectivity index (χ4n) is 2.70. The zero-order valence-corrected chi connectivity index (χ0v) is 16.8. The van der Waals surface area contributed by atoms with Crippen molar-refractivity contribution in [3.05, 3.63) is 17.8 Å². The number of nitrogens with zero attached hydrogens (tertiary/aromatic N) is 2. The molecule has 0 aliphatic carbocycles. The number of oxazole rings is 1. The predicted molar refractivity (Wildman–Crippen MR) is 103 cm³/mol. The summed E-state index contributed by atoms with van der Waals surface area (Å²) in [5, 5.41) is 17.2. The van der Waals surface area contributed by atoms with Crippen LogP contribution in [0.25, 0.3) is 0 Å². The van der Waals surface area contributed by atoms with Gasteiger partial charge in [-0.3, -0.25) is 0 Å². The van der Waals surface area contributed by atoms with E-state index < -0.39 is 5.60 Å². The normalized spacial score (nSPS) is 13.2. The summed E-state index contributed by atoms with van der Waals surface area (Å²) >= 11 is 0. The molecule has 0 amide bonds. The van der Waals surface area contributed by atoms with E-state index in [4.69, 9.17) is 4.42 Å². The maximum atomic E-state index is 10.7. The second-order valence-electron chi connectivity index (χ2n) is 7.64. The Morgan fingerprint density at radius 2 is 1.80 bits per heavy atom. The molecule has 3 N–H and O–H groups in total. The van der Waals surface area contributed by atoms with Gasteiger partial charge in [0.25, 0.3) is 0 Å². The third-order valence-electron chi connectivity index (χ3n) is 4.03. The van der Waals surface area contributed by atoms with Gasteiger partial charge in [0.2, 0.25) is 5.89 Å². The Labute approximate surface area is 152 Å². The van der Waals surface area contributed by atoms with Crippen LogP contribution in [0.4, 0.5) is 0 Å². The van der Waals surface area contributed by atoms with E-state index in [-0.39, 0.29) is 5.41 Å². The lowest BCUT2D eigenvalue weighted by molar-refractivity contribution is 0.0257. The van der Waals surface area contributed by atoms with Crippen molar-refractivity contribution >= 4 is 5.96 Å².